The van der Waals surface area contributed by atoms with E-state index in [2.05, 4.69) is 20.9 Å². The van der Waals surface area contributed by atoms with Gasteiger partial charge in [-0.1, -0.05) is 12.1 Å². The number of amides is 1. The van der Waals surface area contributed by atoms with Crippen LogP contribution in [0.15, 0.2) is 29.6 Å². The lowest BCUT2D eigenvalue weighted by molar-refractivity contribution is 0.0950. The molecule has 0 spiro atoms. The molecular weight excluding hydrogens is 334 g/mol. The number of aromatic nitrogens is 1. The second-order valence-corrected chi connectivity index (χ2v) is 7.37. The summed E-state index contributed by atoms with van der Waals surface area (Å²) in [5.74, 6) is 2.10. The van der Waals surface area contributed by atoms with Gasteiger partial charge in [0.1, 0.15) is 5.69 Å². The third-order valence-electron chi connectivity index (χ3n) is 2.79. The molecule has 0 unspecified atom stereocenters. The highest BCUT2D eigenvalue weighted by atomic mass is 32.2. The summed E-state index contributed by atoms with van der Waals surface area (Å²) in [4.78, 5) is 15.9. The van der Waals surface area contributed by atoms with Crippen molar-refractivity contribution in [1.29, 1.82) is 0 Å². The van der Waals surface area contributed by atoms with Crippen molar-refractivity contribution in [3.05, 3.63) is 45.9 Å². The van der Waals surface area contributed by atoms with Crippen LogP contribution in [-0.4, -0.2) is 32.1 Å². The first kappa shape index (κ1) is 17.0. The molecule has 1 aromatic heterocycles. The largest absolute Gasteiger partial charge is 0.350 e. The minimum atomic E-state index is -3.31. The van der Waals surface area contributed by atoms with Gasteiger partial charge in [-0.2, -0.15) is 0 Å². The molecule has 0 aliphatic heterocycles. The van der Waals surface area contributed by atoms with Crippen molar-refractivity contribution in [1.82, 2.24) is 10.3 Å². The summed E-state index contributed by atoms with van der Waals surface area (Å²) in [6, 6.07) is 7.01. The molecule has 0 radical (unpaired) electrons. The van der Waals surface area contributed by atoms with Crippen LogP contribution in [0.5, 0.6) is 0 Å². The van der Waals surface area contributed by atoms with Crippen LogP contribution in [-0.2, 0) is 16.4 Å². The molecule has 23 heavy (non-hydrogen) atoms. The molecule has 1 heterocycles. The van der Waals surface area contributed by atoms with Crippen molar-refractivity contribution >= 4 is 33.0 Å². The van der Waals surface area contributed by atoms with E-state index in [4.69, 9.17) is 6.42 Å². The van der Waals surface area contributed by atoms with Gasteiger partial charge in [0, 0.05) is 17.6 Å². The number of terminal acetylenes is 1. The fourth-order valence-corrected chi connectivity index (χ4v) is 3.02. The molecule has 0 fully saturated rings. The van der Waals surface area contributed by atoms with E-state index in [-0.39, 0.29) is 5.91 Å². The topological polar surface area (TPSA) is 88.2 Å². The fraction of sp³-hybridized carbons (Fsp3) is 0.200. The normalized spacial score (nSPS) is 10.8. The number of carbonyl (C=O) groups excluding carboxylic acids is 1. The van der Waals surface area contributed by atoms with E-state index in [9.17, 15) is 13.2 Å². The highest BCUT2D eigenvalue weighted by molar-refractivity contribution is 7.92. The van der Waals surface area contributed by atoms with E-state index in [1.165, 1.54) is 11.3 Å². The number of rotatable bonds is 6. The van der Waals surface area contributed by atoms with Crippen molar-refractivity contribution in [2.24, 2.45) is 0 Å². The Labute approximate surface area is 139 Å². The Morgan fingerprint density at radius 2 is 2.22 bits per heavy atom. The molecule has 0 saturated carbocycles. The number of sulfonamides is 1. The maximum Gasteiger partial charge on any atom is 0.270 e. The van der Waals surface area contributed by atoms with Crippen LogP contribution in [0.25, 0.3) is 0 Å². The molecule has 1 aromatic carbocycles. The molecular formula is C15H15N3O3S2. The van der Waals surface area contributed by atoms with Gasteiger partial charge < -0.3 is 5.32 Å². The van der Waals surface area contributed by atoms with Crippen LogP contribution in [0, 0.1) is 12.3 Å². The van der Waals surface area contributed by atoms with Gasteiger partial charge in [0.05, 0.1) is 6.26 Å². The Kier molecular flexibility index (Phi) is 5.36. The number of thiazole rings is 1. The molecule has 1 amide bonds. The molecule has 120 valence electrons. The highest BCUT2D eigenvalue weighted by Crippen LogP contribution is 2.12. The summed E-state index contributed by atoms with van der Waals surface area (Å²) >= 11 is 1.24. The van der Waals surface area contributed by atoms with Gasteiger partial charge in [-0.3, -0.25) is 9.52 Å². The molecule has 2 aromatic rings. The fourth-order valence-electron chi connectivity index (χ4n) is 1.86. The molecule has 0 bridgehead atoms. The molecule has 6 nitrogen and oxygen atoms in total. The predicted molar refractivity (Wildman–Crippen MR) is 91.0 cm³/mol. The van der Waals surface area contributed by atoms with Gasteiger partial charge in [0.15, 0.2) is 5.01 Å². The van der Waals surface area contributed by atoms with Gasteiger partial charge in [0.2, 0.25) is 10.0 Å². The Hall–Kier alpha value is -2.37. The number of nitrogens with one attached hydrogen (secondary N) is 2. The lowest BCUT2D eigenvalue weighted by Crippen LogP contribution is -2.26. The van der Waals surface area contributed by atoms with E-state index >= 15 is 0 Å². The van der Waals surface area contributed by atoms with Gasteiger partial charge in [0.25, 0.3) is 5.91 Å². The van der Waals surface area contributed by atoms with Crippen molar-refractivity contribution < 1.29 is 13.2 Å². The number of benzene rings is 1. The summed E-state index contributed by atoms with van der Waals surface area (Å²) in [5.41, 5.74) is 1.70. The lowest BCUT2D eigenvalue weighted by Gasteiger charge is -2.07. The first-order valence-electron chi connectivity index (χ1n) is 6.64. The van der Waals surface area contributed by atoms with Crippen LogP contribution >= 0.6 is 11.3 Å². The Morgan fingerprint density at radius 3 is 2.87 bits per heavy atom. The van der Waals surface area contributed by atoms with Gasteiger partial charge in [-0.05, 0) is 30.0 Å². The Balaban J connectivity index is 1.90. The zero-order valence-electron chi connectivity index (χ0n) is 12.4. The predicted octanol–water partition coefficient (Wildman–Crippen LogP) is 1.47. The first-order valence-corrected chi connectivity index (χ1v) is 9.41. The summed E-state index contributed by atoms with van der Waals surface area (Å²) < 4.78 is 24.8. The van der Waals surface area contributed by atoms with Crippen LogP contribution in [0.4, 0.5) is 5.69 Å². The van der Waals surface area contributed by atoms with Crippen LogP contribution in [0.1, 0.15) is 21.1 Å². The zero-order chi connectivity index (χ0) is 16.9. The van der Waals surface area contributed by atoms with Crippen LogP contribution in [0.2, 0.25) is 0 Å². The molecule has 2 N–H and O–H groups in total. The molecule has 0 saturated heterocycles. The van der Waals surface area contributed by atoms with E-state index in [0.717, 1.165) is 11.8 Å². The van der Waals surface area contributed by atoms with E-state index in [0.29, 0.717) is 29.4 Å². The molecule has 2 rings (SSSR count). The monoisotopic (exact) mass is 349 g/mol. The standard InChI is InChI=1S/C15H15N3O3S2/c1-3-14-17-13(10-22-14)15(19)16-8-7-11-5-4-6-12(9-11)18-23(2,20)21/h1,4-6,9-10,18H,7-8H2,2H3,(H,16,19). The second kappa shape index (κ2) is 7.26. The van der Waals surface area contributed by atoms with Crippen molar-refractivity contribution in [3.63, 3.8) is 0 Å². The van der Waals surface area contributed by atoms with E-state index in [1.807, 2.05) is 6.07 Å². The number of carbonyl (C=O) groups is 1. The van der Waals surface area contributed by atoms with Crippen LogP contribution < -0.4 is 10.0 Å². The van der Waals surface area contributed by atoms with Gasteiger partial charge in [-0.15, -0.1) is 17.8 Å². The SMILES string of the molecule is C#Cc1nc(C(=O)NCCc2cccc(NS(C)(=O)=O)c2)cs1. The number of anilines is 1. The van der Waals surface area contributed by atoms with E-state index < -0.39 is 10.0 Å². The third kappa shape index (κ3) is 5.39. The van der Waals surface area contributed by atoms with E-state index in [1.54, 1.807) is 23.6 Å². The summed E-state index contributed by atoms with van der Waals surface area (Å²) in [7, 11) is -3.31. The molecule has 0 aliphatic rings. The smallest absolute Gasteiger partial charge is 0.270 e. The van der Waals surface area contributed by atoms with Gasteiger partial charge >= 0.3 is 0 Å². The highest BCUT2D eigenvalue weighted by Gasteiger charge is 2.09. The second-order valence-electron chi connectivity index (χ2n) is 4.76. The van der Waals surface area contributed by atoms with Crippen molar-refractivity contribution in [3.8, 4) is 12.3 Å². The first-order chi connectivity index (χ1) is 10.9. The molecule has 0 atom stereocenters. The number of nitrogens with zero attached hydrogens (tertiary/aromatic N) is 1. The lowest BCUT2D eigenvalue weighted by atomic mass is 10.1. The van der Waals surface area contributed by atoms with Crippen LogP contribution in [0.3, 0.4) is 0 Å². The molecule has 8 heteroatoms. The zero-order valence-corrected chi connectivity index (χ0v) is 14.0. The van der Waals surface area contributed by atoms with Crippen molar-refractivity contribution in [2.45, 2.75) is 6.42 Å². The minimum Gasteiger partial charge on any atom is -0.350 e. The Bertz CT molecular complexity index is 851. The summed E-state index contributed by atoms with van der Waals surface area (Å²) in [6.07, 6.45) is 6.88. The van der Waals surface area contributed by atoms with Gasteiger partial charge in [-0.25, -0.2) is 13.4 Å². The minimum absolute atomic E-state index is 0.284. The number of hydrogen-bond acceptors (Lipinski definition) is 5. The quantitative estimate of drug-likeness (QED) is 0.773. The maximum atomic E-state index is 11.9. The van der Waals surface area contributed by atoms with Crippen molar-refractivity contribution in [2.75, 3.05) is 17.5 Å². The Morgan fingerprint density at radius 1 is 1.43 bits per heavy atom. The number of hydrogen-bond donors (Lipinski definition) is 2. The third-order valence-corrected chi connectivity index (χ3v) is 4.17. The average molecular weight is 349 g/mol. The summed E-state index contributed by atoms with van der Waals surface area (Å²) in [5, 5.41) is 4.83. The summed E-state index contributed by atoms with van der Waals surface area (Å²) in [6.45, 7) is 0.407. The average Bonchev–Trinajstić information content (AvgIpc) is 2.95. The molecule has 0 aliphatic carbocycles. The maximum absolute atomic E-state index is 11.9.